The fraction of sp³-hybridized carbons (Fsp3) is 0.636. The van der Waals surface area contributed by atoms with Crippen molar-refractivity contribution in [3.63, 3.8) is 0 Å². The van der Waals surface area contributed by atoms with Crippen molar-refractivity contribution < 1.29 is 23.8 Å². The van der Waals surface area contributed by atoms with Crippen molar-refractivity contribution in [1.29, 1.82) is 0 Å². The predicted molar refractivity (Wildman–Crippen MR) is 55.5 cm³/mol. The zero-order valence-electron chi connectivity index (χ0n) is 9.58. The lowest BCUT2D eigenvalue weighted by Gasteiger charge is -2.08. The summed E-state index contributed by atoms with van der Waals surface area (Å²) in [7, 11) is 1.33. The van der Waals surface area contributed by atoms with Gasteiger partial charge in [-0.2, -0.15) is 0 Å². The maximum absolute atomic E-state index is 11.3. The Morgan fingerprint density at radius 3 is 2.69 bits per heavy atom. The summed E-state index contributed by atoms with van der Waals surface area (Å²) in [5.74, 6) is -0.248. The van der Waals surface area contributed by atoms with Gasteiger partial charge in [-0.3, -0.25) is 0 Å². The fourth-order valence-corrected chi connectivity index (χ4v) is 1.56. The molecule has 0 aromatic heterocycles. The minimum Gasteiger partial charge on any atom is -0.486 e. The minimum absolute atomic E-state index is 0.149. The molecule has 90 valence electrons. The van der Waals surface area contributed by atoms with Gasteiger partial charge in [0.25, 0.3) is 0 Å². The summed E-state index contributed by atoms with van der Waals surface area (Å²) in [5, 5.41) is 0. The maximum Gasteiger partial charge on any atom is 0.344 e. The van der Waals surface area contributed by atoms with Gasteiger partial charge in [0.15, 0.2) is 6.61 Å². The first-order valence-corrected chi connectivity index (χ1v) is 5.27. The number of carbonyl (C=O) groups is 2. The Morgan fingerprint density at radius 2 is 2.06 bits per heavy atom. The van der Waals surface area contributed by atoms with Gasteiger partial charge in [-0.25, -0.2) is 9.59 Å². The maximum atomic E-state index is 11.3. The quantitative estimate of drug-likeness (QED) is 0.661. The Bertz CT molecular complexity index is 305. The summed E-state index contributed by atoms with van der Waals surface area (Å²) in [5.41, 5.74) is 0.534. The van der Waals surface area contributed by atoms with Gasteiger partial charge in [-0.15, -0.1) is 0 Å². The molecule has 0 fully saturated rings. The molecule has 5 heteroatoms. The normalized spacial score (nSPS) is 14.9. The number of hydrogen-bond acceptors (Lipinski definition) is 5. The van der Waals surface area contributed by atoms with Crippen molar-refractivity contribution in [2.45, 2.75) is 26.2 Å². The minimum atomic E-state index is -0.425. The third-order valence-corrected chi connectivity index (χ3v) is 2.27. The number of hydrogen-bond donors (Lipinski definition) is 0. The van der Waals surface area contributed by atoms with Crippen LogP contribution < -0.4 is 0 Å². The number of ether oxygens (including phenoxy) is 3. The van der Waals surface area contributed by atoms with Crippen molar-refractivity contribution in [2.75, 3.05) is 20.3 Å². The van der Waals surface area contributed by atoms with E-state index in [0.717, 1.165) is 6.42 Å². The van der Waals surface area contributed by atoms with Crippen LogP contribution >= 0.6 is 0 Å². The third-order valence-electron chi connectivity index (χ3n) is 2.27. The van der Waals surface area contributed by atoms with Crippen LogP contribution in [0.2, 0.25) is 0 Å². The third kappa shape index (κ3) is 3.25. The molecule has 0 spiro atoms. The number of methoxy groups -OCH3 is 1. The van der Waals surface area contributed by atoms with Gasteiger partial charge < -0.3 is 14.2 Å². The van der Waals surface area contributed by atoms with E-state index in [1.165, 1.54) is 7.11 Å². The second-order valence-electron chi connectivity index (χ2n) is 3.34. The van der Waals surface area contributed by atoms with Crippen molar-refractivity contribution >= 4 is 11.9 Å². The highest BCUT2D eigenvalue weighted by molar-refractivity contribution is 5.89. The standard InChI is InChI=1S/C11H16O5/c1-3-15-10(12)7-16-9-6-4-5-8(9)11(13)14-2/h3-7H2,1-2H3. The van der Waals surface area contributed by atoms with Crippen LogP contribution in [0.25, 0.3) is 0 Å². The van der Waals surface area contributed by atoms with Crippen LogP contribution in [-0.4, -0.2) is 32.3 Å². The Balaban J connectivity index is 2.51. The van der Waals surface area contributed by atoms with Gasteiger partial charge in [-0.05, 0) is 19.8 Å². The molecule has 0 aromatic carbocycles. The average Bonchev–Trinajstić information content (AvgIpc) is 2.74. The largest absolute Gasteiger partial charge is 0.486 e. The first-order valence-electron chi connectivity index (χ1n) is 5.27. The van der Waals surface area contributed by atoms with E-state index in [-0.39, 0.29) is 12.6 Å². The molecule has 16 heavy (non-hydrogen) atoms. The van der Waals surface area contributed by atoms with E-state index in [2.05, 4.69) is 4.74 Å². The van der Waals surface area contributed by atoms with Gasteiger partial charge >= 0.3 is 11.9 Å². The molecule has 0 atom stereocenters. The zero-order valence-corrected chi connectivity index (χ0v) is 9.58. The van der Waals surface area contributed by atoms with Gasteiger partial charge in [0.05, 0.1) is 19.3 Å². The highest BCUT2D eigenvalue weighted by atomic mass is 16.6. The molecule has 1 aliphatic rings. The summed E-state index contributed by atoms with van der Waals surface area (Å²) in [4.78, 5) is 22.4. The van der Waals surface area contributed by atoms with E-state index in [9.17, 15) is 9.59 Å². The van der Waals surface area contributed by atoms with E-state index in [0.29, 0.717) is 30.8 Å². The summed E-state index contributed by atoms with van der Waals surface area (Å²) in [6, 6.07) is 0. The Morgan fingerprint density at radius 1 is 1.31 bits per heavy atom. The lowest BCUT2D eigenvalue weighted by Crippen LogP contribution is -2.13. The number of carbonyl (C=O) groups excluding carboxylic acids is 2. The average molecular weight is 228 g/mol. The molecule has 0 unspecified atom stereocenters. The molecule has 0 radical (unpaired) electrons. The summed E-state index contributed by atoms with van der Waals surface area (Å²) >= 11 is 0. The van der Waals surface area contributed by atoms with E-state index in [1.54, 1.807) is 6.92 Å². The summed E-state index contributed by atoms with van der Waals surface area (Å²) in [6.07, 6.45) is 2.16. The van der Waals surface area contributed by atoms with Crippen LogP contribution in [0.3, 0.4) is 0 Å². The van der Waals surface area contributed by atoms with E-state index >= 15 is 0 Å². The molecule has 1 rings (SSSR count). The fourth-order valence-electron chi connectivity index (χ4n) is 1.56. The van der Waals surface area contributed by atoms with Gasteiger partial charge in [0.1, 0.15) is 5.76 Å². The molecule has 0 N–H and O–H groups in total. The topological polar surface area (TPSA) is 61.8 Å². The SMILES string of the molecule is CCOC(=O)COC1=C(C(=O)OC)CCC1. The molecular formula is C11H16O5. The molecule has 0 aliphatic heterocycles. The van der Waals surface area contributed by atoms with Gasteiger partial charge in [0, 0.05) is 6.42 Å². The summed E-state index contributed by atoms with van der Waals surface area (Å²) < 4.78 is 14.6. The van der Waals surface area contributed by atoms with E-state index in [4.69, 9.17) is 9.47 Å². The monoisotopic (exact) mass is 228 g/mol. The molecule has 0 heterocycles. The number of allylic oxidation sites excluding steroid dienone is 1. The van der Waals surface area contributed by atoms with Crippen LogP contribution in [0.5, 0.6) is 0 Å². The second-order valence-corrected chi connectivity index (χ2v) is 3.34. The van der Waals surface area contributed by atoms with Crippen LogP contribution in [0, 0.1) is 0 Å². The van der Waals surface area contributed by atoms with Crippen molar-refractivity contribution in [3.8, 4) is 0 Å². The van der Waals surface area contributed by atoms with Crippen LogP contribution in [0.15, 0.2) is 11.3 Å². The Labute approximate surface area is 94.4 Å². The molecule has 0 aromatic rings. The molecule has 0 saturated heterocycles. The van der Waals surface area contributed by atoms with E-state index in [1.807, 2.05) is 0 Å². The van der Waals surface area contributed by atoms with Gasteiger partial charge in [-0.1, -0.05) is 0 Å². The molecule has 5 nitrogen and oxygen atoms in total. The molecule has 0 amide bonds. The van der Waals surface area contributed by atoms with Gasteiger partial charge in [0.2, 0.25) is 0 Å². The highest BCUT2D eigenvalue weighted by Gasteiger charge is 2.23. The molecular weight excluding hydrogens is 212 g/mol. The lowest BCUT2D eigenvalue weighted by molar-refractivity contribution is -0.147. The number of rotatable bonds is 5. The summed E-state index contributed by atoms with van der Waals surface area (Å²) in [6.45, 7) is 1.90. The second kappa shape index (κ2) is 6.15. The van der Waals surface area contributed by atoms with Crippen molar-refractivity contribution in [3.05, 3.63) is 11.3 Å². The Kier molecular flexibility index (Phi) is 4.82. The molecule has 0 bridgehead atoms. The lowest BCUT2D eigenvalue weighted by atomic mass is 10.2. The van der Waals surface area contributed by atoms with Crippen LogP contribution in [0.1, 0.15) is 26.2 Å². The van der Waals surface area contributed by atoms with Crippen LogP contribution in [-0.2, 0) is 23.8 Å². The molecule has 0 saturated carbocycles. The predicted octanol–water partition coefficient (Wildman–Crippen LogP) is 1.18. The first kappa shape index (κ1) is 12.5. The van der Waals surface area contributed by atoms with Crippen molar-refractivity contribution in [1.82, 2.24) is 0 Å². The highest BCUT2D eigenvalue weighted by Crippen LogP contribution is 2.27. The number of esters is 2. The smallest absolute Gasteiger partial charge is 0.344 e. The zero-order chi connectivity index (χ0) is 12.0. The van der Waals surface area contributed by atoms with E-state index < -0.39 is 5.97 Å². The Hall–Kier alpha value is -1.52. The van der Waals surface area contributed by atoms with Crippen LogP contribution in [0.4, 0.5) is 0 Å². The first-order chi connectivity index (χ1) is 7.69. The van der Waals surface area contributed by atoms with Crippen molar-refractivity contribution in [2.24, 2.45) is 0 Å². The molecule has 1 aliphatic carbocycles.